The van der Waals surface area contributed by atoms with E-state index in [1.165, 1.54) is 43.2 Å². The fourth-order valence-corrected chi connectivity index (χ4v) is 5.43. The van der Waals surface area contributed by atoms with Gasteiger partial charge in [0.15, 0.2) is 0 Å². The van der Waals surface area contributed by atoms with Crippen LogP contribution >= 0.6 is 0 Å². The Kier molecular flexibility index (Phi) is 6.70. The van der Waals surface area contributed by atoms with Gasteiger partial charge in [-0.05, 0) is 62.6 Å². The Morgan fingerprint density at radius 2 is 1.90 bits per heavy atom. The van der Waals surface area contributed by atoms with Crippen molar-refractivity contribution in [1.29, 1.82) is 0 Å². The molecular weight excluding hydrogens is 356 g/mol. The summed E-state index contributed by atoms with van der Waals surface area (Å²) in [5.41, 5.74) is 4.21. The molecule has 0 aromatic heterocycles. The van der Waals surface area contributed by atoms with Gasteiger partial charge in [-0.2, -0.15) is 0 Å². The molecule has 0 spiro atoms. The highest BCUT2D eigenvalue weighted by molar-refractivity contribution is 5.54. The highest BCUT2D eigenvalue weighted by atomic mass is 16.5. The first-order valence-corrected chi connectivity index (χ1v) is 11.8. The Morgan fingerprint density at radius 3 is 2.55 bits per heavy atom. The second-order valence-electron chi connectivity index (χ2n) is 10.4. The van der Waals surface area contributed by atoms with Crippen LogP contribution in [0.15, 0.2) is 23.8 Å². The van der Waals surface area contributed by atoms with Gasteiger partial charge >= 0.3 is 0 Å². The standard InChI is InChI=1S/C27H42O2/c1-8-10-11-12-15-26(3,4)20-17-23(28-7)25-21-16-19(9-2)13-14-22(21)27(5,6)29-24(25)18-20/h13,17-18,21-22H,8-12,14-16H2,1-7H3/t21-,22-/m0/s1. The molecule has 1 heterocycles. The molecule has 2 atom stereocenters. The number of benzene rings is 1. The van der Waals surface area contributed by atoms with Crippen molar-refractivity contribution in [2.75, 3.05) is 7.11 Å². The van der Waals surface area contributed by atoms with Gasteiger partial charge in [0.1, 0.15) is 17.1 Å². The smallest absolute Gasteiger partial charge is 0.127 e. The summed E-state index contributed by atoms with van der Waals surface area (Å²) in [7, 11) is 1.82. The molecule has 3 rings (SSSR count). The summed E-state index contributed by atoms with van der Waals surface area (Å²) in [4.78, 5) is 0. The number of methoxy groups -OCH3 is 1. The molecule has 0 radical (unpaired) electrons. The minimum atomic E-state index is -0.150. The summed E-state index contributed by atoms with van der Waals surface area (Å²) < 4.78 is 12.6. The fourth-order valence-electron chi connectivity index (χ4n) is 5.43. The molecule has 1 aromatic carbocycles. The Labute approximate surface area is 179 Å². The van der Waals surface area contributed by atoms with Crippen LogP contribution in [0.25, 0.3) is 0 Å². The quantitative estimate of drug-likeness (QED) is 0.327. The van der Waals surface area contributed by atoms with Crippen LogP contribution in [-0.2, 0) is 5.41 Å². The van der Waals surface area contributed by atoms with E-state index in [-0.39, 0.29) is 11.0 Å². The number of ether oxygens (including phenoxy) is 2. The van der Waals surface area contributed by atoms with E-state index in [4.69, 9.17) is 9.47 Å². The summed E-state index contributed by atoms with van der Waals surface area (Å²) in [6, 6.07) is 4.64. The summed E-state index contributed by atoms with van der Waals surface area (Å²) in [6.45, 7) is 13.8. The Bertz CT molecular complexity index is 741. The molecule has 0 saturated carbocycles. The van der Waals surface area contributed by atoms with E-state index >= 15 is 0 Å². The van der Waals surface area contributed by atoms with Crippen molar-refractivity contribution in [3.05, 3.63) is 34.9 Å². The van der Waals surface area contributed by atoms with Crippen LogP contribution in [0.4, 0.5) is 0 Å². The number of fused-ring (bicyclic) bond motifs is 3. The number of hydrogen-bond acceptors (Lipinski definition) is 2. The predicted molar refractivity (Wildman–Crippen MR) is 123 cm³/mol. The Hall–Kier alpha value is -1.44. The normalized spacial score (nSPS) is 22.9. The van der Waals surface area contributed by atoms with E-state index in [0.29, 0.717) is 11.8 Å². The van der Waals surface area contributed by atoms with Crippen molar-refractivity contribution in [1.82, 2.24) is 0 Å². The highest BCUT2D eigenvalue weighted by Crippen LogP contribution is 2.55. The van der Waals surface area contributed by atoms with Crippen molar-refractivity contribution in [3.8, 4) is 11.5 Å². The van der Waals surface area contributed by atoms with Gasteiger partial charge in [-0.3, -0.25) is 0 Å². The molecular formula is C27H42O2. The lowest BCUT2D eigenvalue weighted by Crippen LogP contribution is -2.45. The van der Waals surface area contributed by atoms with E-state index in [1.807, 2.05) is 7.11 Å². The molecule has 2 aliphatic rings. The van der Waals surface area contributed by atoms with Crippen molar-refractivity contribution in [3.63, 3.8) is 0 Å². The maximum Gasteiger partial charge on any atom is 0.127 e. The third-order valence-corrected chi connectivity index (χ3v) is 7.48. The van der Waals surface area contributed by atoms with Gasteiger partial charge in [0, 0.05) is 17.4 Å². The van der Waals surface area contributed by atoms with Gasteiger partial charge < -0.3 is 9.47 Å². The molecule has 1 aromatic rings. The molecule has 0 bridgehead atoms. The third-order valence-electron chi connectivity index (χ3n) is 7.48. The van der Waals surface area contributed by atoms with Crippen LogP contribution in [0.1, 0.15) is 110 Å². The van der Waals surface area contributed by atoms with Crippen molar-refractivity contribution >= 4 is 0 Å². The summed E-state index contributed by atoms with van der Waals surface area (Å²) >= 11 is 0. The molecule has 2 nitrogen and oxygen atoms in total. The van der Waals surface area contributed by atoms with Crippen LogP contribution in [-0.4, -0.2) is 12.7 Å². The monoisotopic (exact) mass is 398 g/mol. The van der Waals surface area contributed by atoms with E-state index < -0.39 is 0 Å². The van der Waals surface area contributed by atoms with Gasteiger partial charge in [-0.1, -0.05) is 65.0 Å². The second-order valence-corrected chi connectivity index (χ2v) is 10.4. The number of allylic oxidation sites excluding steroid dienone is 2. The van der Waals surface area contributed by atoms with Gasteiger partial charge in [-0.15, -0.1) is 0 Å². The van der Waals surface area contributed by atoms with Crippen LogP contribution in [0.3, 0.4) is 0 Å². The van der Waals surface area contributed by atoms with Crippen molar-refractivity contribution in [2.24, 2.45) is 5.92 Å². The average molecular weight is 399 g/mol. The molecule has 0 fully saturated rings. The van der Waals surface area contributed by atoms with Crippen LogP contribution in [0, 0.1) is 5.92 Å². The zero-order chi connectivity index (χ0) is 21.2. The highest BCUT2D eigenvalue weighted by Gasteiger charge is 2.46. The fraction of sp³-hybridized carbons (Fsp3) is 0.704. The van der Waals surface area contributed by atoms with Gasteiger partial charge in [0.05, 0.1) is 7.11 Å². The number of hydrogen-bond donors (Lipinski definition) is 0. The van der Waals surface area contributed by atoms with Crippen molar-refractivity contribution < 1.29 is 9.47 Å². The lowest BCUT2D eigenvalue weighted by molar-refractivity contribution is 0.00716. The zero-order valence-electron chi connectivity index (χ0n) is 19.9. The van der Waals surface area contributed by atoms with Gasteiger partial charge in [0.2, 0.25) is 0 Å². The summed E-state index contributed by atoms with van der Waals surface area (Å²) in [6.07, 6.45) is 12.3. The molecule has 1 aliphatic heterocycles. The van der Waals surface area contributed by atoms with Crippen LogP contribution in [0.2, 0.25) is 0 Å². The zero-order valence-corrected chi connectivity index (χ0v) is 19.9. The molecule has 1 aliphatic carbocycles. The largest absolute Gasteiger partial charge is 0.496 e. The van der Waals surface area contributed by atoms with E-state index in [9.17, 15) is 0 Å². The lowest BCUT2D eigenvalue weighted by atomic mass is 9.66. The second kappa shape index (κ2) is 8.74. The maximum atomic E-state index is 6.67. The molecule has 0 unspecified atom stereocenters. The molecule has 0 amide bonds. The first kappa shape index (κ1) is 22.2. The molecule has 0 saturated heterocycles. The molecule has 0 N–H and O–H groups in total. The average Bonchev–Trinajstić information content (AvgIpc) is 2.69. The van der Waals surface area contributed by atoms with Crippen molar-refractivity contribution in [2.45, 2.75) is 110 Å². The summed E-state index contributed by atoms with van der Waals surface area (Å²) in [5, 5.41) is 0. The van der Waals surface area contributed by atoms with Gasteiger partial charge in [-0.25, -0.2) is 0 Å². The first-order valence-electron chi connectivity index (χ1n) is 11.8. The van der Waals surface area contributed by atoms with Crippen LogP contribution in [0.5, 0.6) is 11.5 Å². The maximum absolute atomic E-state index is 6.67. The SMILES string of the molecule is CCCCCCC(C)(C)c1cc(OC)c2c(c1)OC(C)(C)[C@H]1CC=C(CC)C[C@H]21. The van der Waals surface area contributed by atoms with Gasteiger partial charge in [0.25, 0.3) is 0 Å². The van der Waals surface area contributed by atoms with Crippen LogP contribution < -0.4 is 9.47 Å². The Morgan fingerprint density at radius 1 is 1.14 bits per heavy atom. The van der Waals surface area contributed by atoms with E-state index in [0.717, 1.165) is 30.8 Å². The predicted octanol–water partition coefficient (Wildman–Crippen LogP) is 7.94. The first-order chi connectivity index (χ1) is 13.7. The number of rotatable bonds is 8. The summed E-state index contributed by atoms with van der Waals surface area (Å²) in [5.74, 6) is 3.09. The molecule has 2 heteroatoms. The third kappa shape index (κ3) is 4.52. The molecule has 162 valence electrons. The topological polar surface area (TPSA) is 18.5 Å². The number of unbranched alkanes of at least 4 members (excludes halogenated alkanes) is 3. The minimum Gasteiger partial charge on any atom is -0.496 e. The Balaban J connectivity index is 1.98. The molecule has 29 heavy (non-hydrogen) atoms. The van der Waals surface area contributed by atoms with E-state index in [2.05, 4.69) is 59.8 Å². The minimum absolute atomic E-state index is 0.126. The lowest BCUT2D eigenvalue weighted by Gasteiger charge is -2.47. The van der Waals surface area contributed by atoms with E-state index in [1.54, 1.807) is 5.57 Å².